The van der Waals surface area contributed by atoms with Gasteiger partial charge in [0.25, 0.3) is 0 Å². The lowest BCUT2D eigenvalue weighted by molar-refractivity contribution is -0.138. The molecule has 0 aromatic heterocycles. The summed E-state index contributed by atoms with van der Waals surface area (Å²) in [6, 6.07) is 9.14. The van der Waals surface area contributed by atoms with Gasteiger partial charge in [-0.15, -0.1) is 0 Å². The number of carboxylic acids is 1. The van der Waals surface area contributed by atoms with Crippen molar-refractivity contribution in [1.29, 1.82) is 0 Å². The lowest BCUT2D eigenvalue weighted by atomic mass is 9.99. The lowest BCUT2D eigenvalue weighted by Crippen LogP contribution is -2.38. The Bertz CT molecular complexity index is 376. The first-order chi connectivity index (χ1) is 8.16. The van der Waals surface area contributed by atoms with Gasteiger partial charge in [0.2, 0.25) is 0 Å². The van der Waals surface area contributed by atoms with E-state index in [1.807, 2.05) is 30.3 Å². The van der Waals surface area contributed by atoms with Crippen LogP contribution in [0.25, 0.3) is 0 Å². The Morgan fingerprint density at radius 3 is 2.53 bits per heavy atom. The molecule has 0 heterocycles. The van der Waals surface area contributed by atoms with E-state index in [-0.39, 0.29) is 6.42 Å². The summed E-state index contributed by atoms with van der Waals surface area (Å²) >= 11 is 0. The number of aliphatic hydroxyl groups excluding tert-OH is 1. The first-order valence-corrected chi connectivity index (χ1v) is 5.87. The van der Waals surface area contributed by atoms with Crippen molar-refractivity contribution in [3.05, 3.63) is 35.9 Å². The molecular formula is C13H17NO3. The van der Waals surface area contributed by atoms with Crippen molar-refractivity contribution in [2.24, 2.45) is 0 Å². The third kappa shape index (κ3) is 3.54. The highest BCUT2D eigenvalue weighted by molar-refractivity contribution is 5.67. The maximum atomic E-state index is 10.8. The fraction of sp³-hybridized carbons (Fsp3) is 0.462. The van der Waals surface area contributed by atoms with Crippen LogP contribution in [0.15, 0.2) is 30.3 Å². The molecule has 0 spiro atoms. The van der Waals surface area contributed by atoms with E-state index in [0.717, 1.165) is 18.4 Å². The molecule has 1 aliphatic carbocycles. The van der Waals surface area contributed by atoms with Crippen molar-refractivity contribution in [3.63, 3.8) is 0 Å². The summed E-state index contributed by atoms with van der Waals surface area (Å²) in [5.41, 5.74) is 0.756. The summed E-state index contributed by atoms with van der Waals surface area (Å²) in [4.78, 5) is 10.8. The number of carbonyl (C=O) groups is 1. The molecule has 0 saturated heterocycles. The van der Waals surface area contributed by atoms with Gasteiger partial charge in [-0.25, -0.2) is 0 Å². The number of aliphatic carboxylic acids is 1. The monoisotopic (exact) mass is 235 g/mol. The van der Waals surface area contributed by atoms with E-state index < -0.39 is 18.1 Å². The van der Waals surface area contributed by atoms with Crippen LogP contribution in [0.5, 0.6) is 0 Å². The molecule has 1 fully saturated rings. The Balaban J connectivity index is 2.05. The molecule has 2 atom stereocenters. The summed E-state index contributed by atoms with van der Waals surface area (Å²) in [6.45, 7) is 0. The fourth-order valence-electron chi connectivity index (χ4n) is 1.89. The predicted octanol–water partition coefficient (Wildman–Crippen LogP) is 1.32. The highest BCUT2D eigenvalue weighted by Crippen LogP contribution is 2.25. The quantitative estimate of drug-likeness (QED) is 0.695. The molecule has 4 heteroatoms. The van der Waals surface area contributed by atoms with Crippen LogP contribution in [0.3, 0.4) is 0 Å². The van der Waals surface area contributed by atoms with Crippen molar-refractivity contribution in [3.8, 4) is 0 Å². The standard InChI is InChI=1S/C13H17NO3/c15-12(16)8-11(14-10-6-7-10)13(17)9-4-2-1-3-5-9/h1-5,10-11,13-14,17H,6-8H2,(H,15,16). The van der Waals surface area contributed by atoms with Crippen LogP contribution in [0.4, 0.5) is 0 Å². The highest BCUT2D eigenvalue weighted by Gasteiger charge is 2.30. The number of aliphatic hydroxyl groups is 1. The Morgan fingerprint density at radius 2 is 2.00 bits per heavy atom. The topological polar surface area (TPSA) is 69.6 Å². The molecule has 0 radical (unpaired) electrons. The Labute approximate surface area is 100 Å². The van der Waals surface area contributed by atoms with E-state index in [2.05, 4.69) is 5.32 Å². The zero-order chi connectivity index (χ0) is 12.3. The summed E-state index contributed by atoms with van der Waals surface area (Å²) in [5, 5.41) is 22.2. The molecule has 1 aliphatic rings. The number of benzene rings is 1. The average molecular weight is 235 g/mol. The van der Waals surface area contributed by atoms with E-state index in [0.29, 0.717) is 6.04 Å². The number of nitrogens with one attached hydrogen (secondary N) is 1. The van der Waals surface area contributed by atoms with Crippen LogP contribution in [-0.4, -0.2) is 28.3 Å². The molecule has 92 valence electrons. The zero-order valence-corrected chi connectivity index (χ0v) is 9.54. The number of rotatable bonds is 6. The van der Waals surface area contributed by atoms with E-state index in [9.17, 15) is 9.90 Å². The van der Waals surface area contributed by atoms with Crippen LogP contribution < -0.4 is 5.32 Å². The SMILES string of the molecule is O=C(O)CC(NC1CC1)C(O)c1ccccc1. The summed E-state index contributed by atoms with van der Waals surface area (Å²) in [5.74, 6) is -0.891. The fourth-order valence-corrected chi connectivity index (χ4v) is 1.89. The Kier molecular flexibility index (Phi) is 3.76. The minimum Gasteiger partial charge on any atom is -0.481 e. The lowest BCUT2D eigenvalue weighted by Gasteiger charge is -2.23. The minimum absolute atomic E-state index is 0.0629. The van der Waals surface area contributed by atoms with Gasteiger partial charge in [-0.3, -0.25) is 4.79 Å². The maximum absolute atomic E-state index is 10.8. The minimum atomic E-state index is -0.891. The van der Waals surface area contributed by atoms with Crippen molar-refractivity contribution in [1.82, 2.24) is 5.32 Å². The second kappa shape index (κ2) is 5.29. The van der Waals surface area contributed by atoms with Gasteiger partial charge in [0.05, 0.1) is 12.5 Å². The molecule has 1 saturated carbocycles. The summed E-state index contributed by atoms with van der Waals surface area (Å²) in [6.07, 6.45) is 1.30. The van der Waals surface area contributed by atoms with Gasteiger partial charge in [-0.2, -0.15) is 0 Å². The van der Waals surface area contributed by atoms with Gasteiger partial charge in [0.1, 0.15) is 0 Å². The highest BCUT2D eigenvalue weighted by atomic mass is 16.4. The van der Waals surface area contributed by atoms with Crippen LogP contribution in [-0.2, 0) is 4.79 Å². The molecule has 4 nitrogen and oxygen atoms in total. The smallest absolute Gasteiger partial charge is 0.305 e. The van der Waals surface area contributed by atoms with Crippen LogP contribution in [0, 0.1) is 0 Å². The largest absolute Gasteiger partial charge is 0.481 e. The van der Waals surface area contributed by atoms with Crippen LogP contribution in [0.1, 0.15) is 30.9 Å². The molecule has 0 bridgehead atoms. The molecule has 2 unspecified atom stereocenters. The molecule has 0 aliphatic heterocycles. The van der Waals surface area contributed by atoms with Crippen LogP contribution >= 0.6 is 0 Å². The van der Waals surface area contributed by atoms with Crippen molar-refractivity contribution < 1.29 is 15.0 Å². The number of carboxylic acid groups (broad SMARTS) is 1. The molecular weight excluding hydrogens is 218 g/mol. The van der Waals surface area contributed by atoms with Gasteiger partial charge in [0, 0.05) is 12.1 Å². The molecule has 1 aromatic carbocycles. The van der Waals surface area contributed by atoms with Crippen LogP contribution in [0.2, 0.25) is 0 Å². The first kappa shape index (κ1) is 12.1. The van der Waals surface area contributed by atoms with E-state index in [4.69, 9.17) is 5.11 Å². The van der Waals surface area contributed by atoms with E-state index in [1.54, 1.807) is 0 Å². The third-order valence-corrected chi connectivity index (χ3v) is 2.94. The van der Waals surface area contributed by atoms with Crippen molar-refractivity contribution >= 4 is 5.97 Å². The predicted molar refractivity (Wildman–Crippen MR) is 63.6 cm³/mol. The summed E-state index contributed by atoms with van der Waals surface area (Å²) < 4.78 is 0. The second-order valence-corrected chi connectivity index (χ2v) is 4.50. The zero-order valence-electron chi connectivity index (χ0n) is 9.54. The van der Waals surface area contributed by atoms with Gasteiger partial charge in [-0.1, -0.05) is 30.3 Å². The van der Waals surface area contributed by atoms with E-state index >= 15 is 0 Å². The van der Waals surface area contributed by atoms with Gasteiger partial charge in [-0.05, 0) is 18.4 Å². The van der Waals surface area contributed by atoms with Crippen molar-refractivity contribution in [2.75, 3.05) is 0 Å². The maximum Gasteiger partial charge on any atom is 0.305 e. The molecule has 17 heavy (non-hydrogen) atoms. The second-order valence-electron chi connectivity index (χ2n) is 4.50. The molecule has 2 rings (SSSR count). The number of hydrogen-bond acceptors (Lipinski definition) is 3. The Hall–Kier alpha value is -1.39. The Morgan fingerprint density at radius 1 is 1.35 bits per heavy atom. The number of hydrogen-bond donors (Lipinski definition) is 3. The molecule has 3 N–H and O–H groups in total. The average Bonchev–Trinajstić information content (AvgIpc) is 3.12. The summed E-state index contributed by atoms with van der Waals surface area (Å²) in [7, 11) is 0. The van der Waals surface area contributed by atoms with E-state index in [1.165, 1.54) is 0 Å². The normalized spacial score (nSPS) is 18.6. The van der Waals surface area contributed by atoms with Crippen molar-refractivity contribution in [2.45, 2.75) is 37.5 Å². The van der Waals surface area contributed by atoms with Gasteiger partial charge < -0.3 is 15.5 Å². The third-order valence-electron chi connectivity index (χ3n) is 2.94. The molecule has 0 amide bonds. The van der Waals surface area contributed by atoms with Gasteiger partial charge in [0.15, 0.2) is 0 Å². The first-order valence-electron chi connectivity index (χ1n) is 5.87. The van der Waals surface area contributed by atoms with Gasteiger partial charge >= 0.3 is 5.97 Å². The molecule has 1 aromatic rings.